The highest BCUT2D eigenvalue weighted by Crippen LogP contribution is 2.18. The van der Waals surface area contributed by atoms with Crippen molar-refractivity contribution in [1.29, 1.82) is 0 Å². The normalized spacial score (nSPS) is 10.1. The molecule has 0 aliphatic carbocycles. The maximum absolute atomic E-state index is 12.1. The second-order valence-electron chi connectivity index (χ2n) is 3.65. The van der Waals surface area contributed by atoms with Crippen LogP contribution < -0.4 is 5.73 Å². The lowest BCUT2D eigenvalue weighted by molar-refractivity contribution is 0.103. The average Bonchev–Trinajstić information content (AvgIpc) is 2.38. The number of aromatic nitrogens is 1. The van der Waals surface area contributed by atoms with Crippen molar-refractivity contribution in [1.82, 2.24) is 4.98 Å². The lowest BCUT2D eigenvalue weighted by atomic mass is 10.0. The van der Waals surface area contributed by atoms with Crippen LogP contribution in [0.25, 0.3) is 0 Å². The summed E-state index contributed by atoms with van der Waals surface area (Å²) >= 11 is 5.34. The summed E-state index contributed by atoms with van der Waals surface area (Å²) in [4.78, 5) is 26.9. The SMILES string of the molecule is Nc1cc(C(=O)c2cccnc2)ccc1C(=O)Cl. The second-order valence-corrected chi connectivity index (χ2v) is 3.99. The van der Waals surface area contributed by atoms with Crippen LogP contribution in [0.1, 0.15) is 26.3 Å². The largest absolute Gasteiger partial charge is 0.398 e. The number of pyridine rings is 1. The Labute approximate surface area is 108 Å². The van der Waals surface area contributed by atoms with Crippen LogP contribution in [0.3, 0.4) is 0 Å². The molecule has 0 radical (unpaired) electrons. The number of nitrogens with two attached hydrogens (primary N) is 1. The summed E-state index contributed by atoms with van der Waals surface area (Å²) in [5, 5.41) is -0.645. The number of nitrogens with zero attached hydrogens (tertiary/aromatic N) is 1. The zero-order chi connectivity index (χ0) is 13.1. The number of rotatable bonds is 3. The minimum atomic E-state index is -0.645. The highest BCUT2D eigenvalue weighted by molar-refractivity contribution is 6.68. The molecule has 1 aromatic carbocycles. The molecule has 0 aliphatic heterocycles. The fourth-order valence-electron chi connectivity index (χ4n) is 1.55. The third-order valence-corrected chi connectivity index (χ3v) is 2.65. The minimum absolute atomic E-state index is 0.185. The van der Waals surface area contributed by atoms with Gasteiger partial charge in [0, 0.05) is 29.2 Å². The van der Waals surface area contributed by atoms with E-state index in [1.807, 2.05) is 0 Å². The Morgan fingerprint density at radius 2 is 1.94 bits per heavy atom. The number of hydrogen-bond donors (Lipinski definition) is 1. The van der Waals surface area contributed by atoms with Crippen molar-refractivity contribution in [3.05, 3.63) is 59.4 Å². The first kappa shape index (κ1) is 12.3. The summed E-state index contributed by atoms with van der Waals surface area (Å²) in [6, 6.07) is 7.72. The summed E-state index contributed by atoms with van der Waals surface area (Å²) in [5.41, 5.74) is 6.89. The van der Waals surface area contributed by atoms with E-state index in [1.165, 1.54) is 24.4 Å². The highest BCUT2D eigenvalue weighted by atomic mass is 35.5. The molecular weight excluding hydrogens is 252 g/mol. The van der Waals surface area contributed by atoms with E-state index in [2.05, 4.69) is 4.98 Å². The van der Waals surface area contributed by atoms with Crippen molar-refractivity contribution >= 4 is 28.3 Å². The Morgan fingerprint density at radius 1 is 1.17 bits per heavy atom. The molecule has 4 nitrogen and oxygen atoms in total. The molecule has 0 unspecified atom stereocenters. The van der Waals surface area contributed by atoms with E-state index in [0.717, 1.165) is 0 Å². The van der Waals surface area contributed by atoms with Crippen molar-refractivity contribution in [2.24, 2.45) is 0 Å². The van der Waals surface area contributed by atoms with E-state index in [0.29, 0.717) is 11.1 Å². The lowest BCUT2D eigenvalue weighted by Gasteiger charge is -2.04. The molecule has 18 heavy (non-hydrogen) atoms. The Balaban J connectivity index is 2.39. The molecule has 5 heteroatoms. The molecule has 0 saturated heterocycles. The third-order valence-electron chi connectivity index (χ3n) is 2.45. The molecule has 0 bridgehead atoms. The van der Waals surface area contributed by atoms with E-state index in [9.17, 15) is 9.59 Å². The molecule has 0 saturated carbocycles. The van der Waals surface area contributed by atoms with Crippen molar-refractivity contribution in [2.45, 2.75) is 0 Å². The van der Waals surface area contributed by atoms with Gasteiger partial charge in [-0.2, -0.15) is 0 Å². The van der Waals surface area contributed by atoms with Crippen LogP contribution in [0.5, 0.6) is 0 Å². The maximum Gasteiger partial charge on any atom is 0.254 e. The number of hydrogen-bond acceptors (Lipinski definition) is 4. The van der Waals surface area contributed by atoms with E-state index in [4.69, 9.17) is 17.3 Å². The fraction of sp³-hybridized carbons (Fsp3) is 0. The minimum Gasteiger partial charge on any atom is -0.398 e. The maximum atomic E-state index is 12.1. The number of carbonyl (C=O) groups excluding carboxylic acids is 2. The van der Waals surface area contributed by atoms with Gasteiger partial charge in [-0.25, -0.2) is 0 Å². The molecular formula is C13H9ClN2O2. The van der Waals surface area contributed by atoms with Gasteiger partial charge in [-0.3, -0.25) is 14.6 Å². The molecule has 2 aromatic rings. The number of anilines is 1. The van der Waals surface area contributed by atoms with Crippen molar-refractivity contribution in [3.63, 3.8) is 0 Å². The third kappa shape index (κ3) is 2.38. The summed E-state index contributed by atoms with van der Waals surface area (Å²) in [6.07, 6.45) is 3.06. The van der Waals surface area contributed by atoms with Crippen LogP contribution in [0, 0.1) is 0 Å². The summed E-state index contributed by atoms with van der Waals surface area (Å²) in [7, 11) is 0. The summed E-state index contributed by atoms with van der Waals surface area (Å²) in [5.74, 6) is -0.205. The smallest absolute Gasteiger partial charge is 0.254 e. The van der Waals surface area contributed by atoms with Gasteiger partial charge >= 0.3 is 0 Å². The van der Waals surface area contributed by atoms with Crippen molar-refractivity contribution in [3.8, 4) is 0 Å². The van der Waals surface area contributed by atoms with Gasteiger partial charge in [0.05, 0.1) is 5.56 Å². The molecule has 0 fully saturated rings. The zero-order valence-corrected chi connectivity index (χ0v) is 10.0. The van der Waals surface area contributed by atoms with Gasteiger partial charge in [0.1, 0.15) is 0 Å². The predicted octanol–water partition coefficient (Wildman–Crippen LogP) is 2.27. The Morgan fingerprint density at radius 3 is 2.50 bits per heavy atom. The quantitative estimate of drug-likeness (QED) is 0.522. The van der Waals surface area contributed by atoms with E-state index in [1.54, 1.807) is 18.3 Å². The molecule has 1 heterocycles. The molecule has 2 rings (SSSR count). The van der Waals surface area contributed by atoms with Crippen LogP contribution in [0.15, 0.2) is 42.7 Å². The number of ketones is 1. The number of halogens is 1. The van der Waals surface area contributed by atoms with Crippen LogP contribution in [-0.2, 0) is 0 Å². The topological polar surface area (TPSA) is 73.1 Å². The molecule has 2 N–H and O–H groups in total. The first-order valence-corrected chi connectivity index (χ1v) is 5.51. The van der Waals surface area contributed by atoms with Crippen molar-refractivity contribution < 1.29 is 9.59 Å². The van der Waals surface area contributed by atoms with Gasteiger partial charge in [-0.15, -0.1) is 0 Å². The van der Waals surface area contributed by atoms with Gasteiger partial charge in [-0.1, -0.05) is 6.07 Å². The van der Waals surface area contributed by atoms with E-state index >= 15 is 0 Å². The van der Waals surface area contributed by atoms with Crippen LogP contribution in [0.2, 0.25) is 0 Å². The Kier molecular flexibility index (Phi) is 3.39. The van der Waals surface area contributed by atoms with Crippen molar-refractivity contribution in [2.75, 3.05) is 5.73 Å². The van der Waals surface area contributed by atoms with Crippen LogP contribution in [-0.4, -0.2) is 16.0 Å². The van der Waals surface area contributed by atoms with Crippen LogP contribution >= 0.6 is 11.6 Å². The first-order chi connectivity index (χ1) is 8.59. The van der Waals surface area contributed by atoms with Gasteiger partial charge < -0.3 is 5.73 Å². The molecule has 0 amide bonds. The Hall–Kier alpha value is -2.20. The van der Waals surface area contributed by atoms with E-state index < -0.39 is 5.24 Å². The van der Waals surface area contributed by atoms with Gasteiger partial charge in [-0.05, 0) is 35.9 Å². The van der Waals surface area contributed by atoms with E-state index in [-0.39, 0.29) is 17.0 Å². The standard InChI is InChI=1S/C13H9ClN2O2/c14-13(18)10-4-3-8(6-11(10)15)12(17)9-2-1-5-16-7-9/h1-7H,15H2. The van der Waals surface area contributed by atoms with Gasteiger partial charge in [0.25, 0.3) is 5.24 Å². The summed E-state index contributed by atoms with van der Waals surface area (Å²) in [6.45, 7) is 0. The lowest BCUT2D eigenvalue weighted by Crippen LogP contribution is -2.05. The molecule has 0 atom stereocenters. The summed E-state index contributed by atoms with van der Waals surface area (Å²) < 4.78 is 0. The monoisotopic (exact) mass is 260 g/mol. The number of benzene rings is 1. The predicted molar refractivity (Wildman–Crippen MR) is 68.7 cm³/mol. The number of carbonyl (C=O) groups is 2. The fourth-order valence-corrected chi connectivity index (χ4v) is 1.72. The molecule has 1 aromatic heterocycles. The molecule has 0 spiro atoms. The van der Waals surface area contributed by atoms with Gasteiger partial charge in [0.2, 0.25) is 0 Å². The first-order valence-electron chi connectivity index (χ1n) is 5.13. The van der Waals surface area contributed by atoms with Gasteiger partial charge in [0.15, 0.2) is 5.78 Å². The Bertz CT molecular complexity index is 612. The second kappa shape index (κ2) is 4.98. The number of nitrogen functional groups attached to an aromatic ring is 1. The zero-order valence-electron chi connectivity index (χ0n) is 9.26. The molecule has 90 valence electrons. The highest BCUT2D eigenvalue weighted by Gasteiger charge is 2.13. The molecule has 0 aliphatic rings. The van der Waals surface area contributed by atoms with Crippen LogP contribution in [0.4, 0.5) is 5.69 Å². The average molecular weight is 261 g/mol.